The van der Waals surface area contributed by atoms with Crippen LogP contribution in [0.15, 0.2) is 6.07 Å². The summed E-state index contributed by atoms with van der Waals surface area (Å²) in [5.41, 5.74) is 0.971. The molecule has 3 heteroatoms. The van der Waals surface area contributed by atoms with Crippen LogP contribution in [0.4, 0.5) is 0 Å². The maximum absolute atomic E-state index is 10.0. The lowest BCUT2D eigenvalue weighted by molar-refractivity contribution is 0.625. The molecular weight excluding hydrogens is 124 g/mol. The Kier molecular flexibility index (Phi) is 1.21. The minimum Gasteiger partial charge on any atom is -0.184 e. The number of rotatable bonds is 1. The predicted octanol–water partition coefficient (Wildman–Crippen LogP) is 0.536. The molecule has 1 aromatic carbocycles. The summed E-state index contributed by atoms with van der Waals surface area (Å²) in [6.45, 7) is 1.94. The van der Waals surface area contributed by atoms with Crippen LogP contribution in [0.1, 0.15) is 12.5 Å². The van der Waals surface area contributed by atoms with Gasteiger partial charge in [-0.05, 0) is 18.1 Å². The van der Waals surface area contributed by atoms with Crippen molar-refractivity contribution in [1.82, 2.24) is 0 Å². The van der Waals surface area contributed by atoms with Crippen LogP contribution in [0.25, 0.3) is 0 Å². The van der Waals surface area contributed by atoms with Crippen molar-refractivity contribution < 1.29 is 8.42 Å². The molecule has 0 spiro atoms. The molecule has 0 N–H and O–H groups in total. The Morgan fingerprint density at radius 3 is 2.38 bits per heavy atom. The highest BCUT2D eigenvalue weighted by atomic mass is 32.2. The van der Waals surface area contributed by atoms with Crippen molar-refractivity contribution in [2.24, 2.45) is 0 Å². The third-order valence-corrected chi connectivity index (χ3v) is 1.84. The van der Waals surface area contributed by atoms with Gasteiger partial charge in [0.25, 0.3) is 0 Å². The molecule has 1 aromatic rings. The van der Waals surface area contributed by atoms with Crippen LogP contribution in [-0.2, 0) is 16.7 Å². The number of hydrogen-bond donors (Lipinski definition) is 0. The highest BCUT2D eigenvalue weighted by Crippen LogP contribution is 2.09. The lowest BCUT2D eigenvalue weighted by Gasteiger charge is -1.64. The first-order valence-corrected chi connectivity index (χ1v) is 3.50. The molecule has 0 aliphatic carbocycles. The third kappa shape index (κ3) is 0.816. The summed E-state index contributed by atoms with van der Waals surface area (Å²) in [5, 5.41) is 0. The van der Waals surface area contributed by atoms with E-state index in [0.717, 1.165) is 12.0 Å². The summed E-state index contributed by atoms with van der Waals surface area (Å²) >= 11 is 0. The zero-order valence-electron chi connectivity index (χ0n) is 4.51. The quantitative estimate of drug-likeness (QED) is 0.520. The van der Waals surface area contributed by atoms with Crippen LogP contribution in [0.5, 0.6) is 0 Å². The van der Waals surface area contributed by atoms with E-state index in [1.165, 1.54) is 0 Å². The van der Waals surface area contributed by atoms with E-state index in [2.05, 4.69) is 0 Å². The zero-order chi connectivity index (χ0) is 6.15. The molecule has 8 heavy (non-hydrogen) atoms. The maximum Gasteiger partial charge on any atom is 0.221 e. The SMILES string of the molecule is CCc1cc1=S(=O)=O. The van der Waals surface area contributed by atoms with E-state index in [1.807, 2.05) is 6.92 Å². The maximum atomic E-state index is 10.0. The molecule has 0 aliphatic rings. The Labute approximate surface area is 49.0 Å². The lowest BCUT2D eigenvalue weighted by atomic mass is 10.4. The van der Waals surface area contributed by atoms with Gasteiger partial charge < -0.3 is 0 Å². The summed E-state index contributed by atoms with van der Waals surface area (Å²) < 4.78 is 20.6. The monoisotopic (exact) mass is 130 g/mol. The van der Waals surface area contributed by atoms with Crippen molar-refractivity contribution >= 4 is 10.3 Å². The lowest BCUT2D eigenvalue weighted by Crippen LogP contribution is -1.58. The van der Waals surface area contributed by atoms with Gasteiger partial charge in [-0.15, -0.1) is 0 Å². The first kappa shape index (κ1) is 5.56. The molecule has 0 saturated carbocycles. The molecule has 0 amide bonds. The molecule has 0 heterocycles. The Morgan fingerprint density at radius 1 is 1.62 bits per heavy atom. The summed E-state index contributed by atoms with van der Waals surface area (Å²) in [7, 11) is -1.96. The molecule has 2 nitrogen and oxygen atoms in total. The van der Waals surface area contributed by atoms with Gasteiger partial charge in [-0.25, -0.2) is 0 Å². The van der Waals surface area contributed by atoms with E-state index in [1.54, 1.807) is 6.07 Å². The second-order valence-corrected chi connectivity index (χ2v) is 2.53. The molecule has 0 aliphatic heterocycles. The van der Waals surface area contributed by atoms with Crippen LogP contribution in [0.2, 0.25) is 0 Å². The van der Waals surface area contributed by atoms with E-state index >= 15 is 0 Å². The van der Waals surface area contributed by atoms with Crippen molar-refractivity contribution in [3.05, 3.63) is 16.1 Å². The molecular formula is C5H6O2S. The molecule has 44 valence electrons. The predicted molar refractivity (Wildman–Crippen MR) is 30.4 cm³/mol. The molecule has 0 saturated heterocycles. The van der Waals surface area contributed by atoms with Crippen molar-refractivity contribution in [2.75, 3.05) is 0 Å². The summed E-state index contributed by atoms with van der Waals surface area (Å²) in [6.07, 6.45) is 0.837. The van der Waals surface area contributed by atoms with Crippen LogP contribution in [-0.4, -0.2) is 8.42 Å². The molecule has 0 atom stereocenters. The van der Waals surface area contributed by atoms with Gasteiger partial charge in [-0.1, -0.05) is 6.92 Å². The normalized spacial score (nSPS) is 10.1. The van der Waals surface area contributed by atoms with E-state index in [9.17, 15) is 8.42 Å². The first-order valence-electron chi connectivity index (χ1n) is 2.43. The van der Waals surface area contributed by atoms with Crippen LogP contribution < -0.4 is 0 Å². The Bertz CT molecular complexity index is 290. The van der Waals surface area contributed by atoms with Gasteiger partial charge >= 0.3 is 0 Å². The van der Waals surface area contributed by atoms with Gasteiger partial charge in [0.2, 0.25) is 10.3 Å². The fourth-order valence-corrected chi connectivity index (χ4v) is 1.15. The number of hydrogen-bond acceptors (Lipinski definition) is 2. The van der Waals surface area contributed by atoms with Gasteiger partial charge in [-0.2, -0.15) is 8.42 Å². The largest absolute Gasteiger partial charge is 0.221 e. The summed E-state index contributed by atoms with van der Waals surface area (Å²) in [5.74, 6) is 0. The van der Waals surface area contributed by atoms with Gasteiger partial charge in [0.05, 0.1) is 4.51 Å². The minimum absolute atomic E-state index is 0.507. The molecule has 0 fully saturated rings. The molecule has 0 radical (unpaired) electrons. The molecule has 0 unspecified atom stereocenters. The molecule has 1 rings (SSSR count). The van der Waals surface area contributed by atoms with Crippen molar-refractivity contribution in [3.8, 4) is 0 Å². The average molecular weight is 130 g/mol. The molecule has 0 bridgehead atoms. The minimum atomic E-state index is -1.96. The highest BCUT2D eigenvalue weighted by molar-refractivity contribution is 7.64. The first-order chi connectivity index (χ1) is 3.75. The standard InChI is InChI=1S/C5H6O2S/c1-2-4-3-5(4)8(6)7/h3H,2H2,1H3. The van der Waals surface area contributed by atoms with Gasteiger partial charge in [0.1, 0.15) is 0 Å². The second-order valence-electron chi connectivity index (χ2n) is 1.62. The van der Waals surface area contributed by atoms with Crippen LogP contribution >= 0.6 is 0 Å². The van der Waals surface area contributed by atoms with Crippen LogP contribution in [0.3, 0.4) is 0 Å². The van der Waals surface area contributed by atoms with E-state index < -0.39 is 10.3 Å². The Morgan fingerprint density at radius 2 is 2.25 bits per heavy atom. The van der Waals surface area contributed by atoms with E-state index in [4.69, 9.17) is 0 Å². The zero-order valence-corrected chi connectivity index (χ0v) is 5.33. The van der Waals surface area contributed by atoms with Gasteiger partial charge in [0, 0.05) is 0 Å². The topological polar surface area (TPSA) is 34.1 Å². The summed E-state index contributed by atoms with van der Waals surface area (Å²) in [4.78, 5) is 0. The van der Waals surface area contributed by atoms with E-state index in [-0.39, 0.29) is 0 Å². The molecule has 0 aromatic heterocycles. The fourth-order valence-electron chi connectivity index (χ4n) is 0.554. The summed E-state index contributed by atoms with van der Waals surface area (Å²) in [6, 6.07) is 1.68. The van der Waals surface area contributed by atoms with Crippen molar-refractivity contribution in [3.63, 3.8) is 0 Å². The van der Waals surface area contributed by atoms with Crippen LogP contribution in [0, 0.1) is 4.51 Å². The van der Waals surface area contributed by atoms with Gasteiger partial charge in [-0.3, -0.25) is 0 Å². The van der Waals surface area contributed by atoms with Gasteiger partial charge in [0.15, 0.2) is 0 Å². The highest BCUT2D eigenvalue weighted by Gasteiger charge is 2.02. The van der Waals surface area contributed by atoms with Crippen molar-refractivity contribution in [1.29, 1.82) is 0 Å². The Balaban J connectivity index is 3.18. The average Bonchev–Trinajstić information content (AvgIpc) is 2.42. The van der Waals surface area contributed by atoms with E-state index in [0.29, 0.717) is 4.51 Å². The Hall–Kier alpha value is -0.570. The number of aryl methyl sites for hydroxylation is 1. The fraction of sp³-hybridized carbons (Fsp3) is 0.400. The second kappa shape index (κ2) is 1.74. The van der Waals surface area contributed by atoms with Crippen molar-refractivity contribution in [2.45, 2.75) is 13.3 Å². The third-order valence-electron chi connectivity index (χ3n) is 1.10. The smallest absolute Gasteiger partial charge is 0.184 e.